The van der Waals surface area contributed by atoms with Gasteiger partial charge in [-0.15, -0.1) is 0 Å². The van der Waals surface area contributed by atoms with E-state index in [1.807, 2.05) is 66.7 Å². The molecule has 0 aromatic heterocycles. The summed E-state index contributed by atoms with van der Waals surface area (Å²) < 4.78 is 0. The van der Waals surface area contributed by atoms with E-state index < -0.39 is 0 Å². The van der Waals surface area contributed by atoms with Gasteiger partial charge < -0.3 is 5.32 Å². The van der Waals surface area contributed by atoms with Gasteiger partial charge in [0.2, 0.25) is 5.91 Å². The number of para-hydroxylation sites is 2. The summed E-state index contributed by atoms with van der Waals surface area (Å²) in [6, 6.07) is 17.8. The van der Waals surface area contributed by atoms with E-state index in [0.717, 1.165) is 23.0 Å². The number of rotatable bonds is 3. The van der Waals surface area contributed by atoms with Crippen LogP contribution in [0, 0.1) is 0 Å². The number of carbonyl (C=O) groups is 1. The summed E-state index contributed by atoms with van der Waals surface area (Å²) in [5.41, 5.74) is 2.95. The van der Waals surface area contributed by atoms with Gasteiger partial charge >= 0.3 is 0 Å². The van der Waals surface area contributed by atoms with Gasteiger partial charge in [0.05, 0.1) is 17.0 Å². The molecule has 0 radical (unpaired) electrons. The second-order valence-corrected chi connectivity index (χ2v) is 7.27. The summed E-state index contributed by atoms with van der Waals surface area (Å²) >= 11 is 1.44. The van der Waals surface area contributed by atoms with Crippen LogP contribution in [0.2, 0.25) is 0 Å². The van der Waals surface area contributed by atoms with E-state index in [4.69, 9.17) is 4.99 Å². The highest BCUT2D eigenvalue weighted by Crippen LogP contribution is 2.41. The van der Waals surface area contributed by atoms with Crippen LogP contribution in [0.5, 0.6) is 0 Å². The third-order valence-corrected chi connectivity index (χ3v) is 5.29. The first-order valence-electron chi connectivity index (χ1n) is 8.24. The number of amidine groups is 1. The van der Waals surface area contributed by atoms with E-state index in [0.29, 0.717) is 0 Å². The lowest BCUT2D eigenvalue weighted by Crippen LogP contribution is -2.31. The largest absolute Gasteiger partial charge is 0.325 e. The monoisotopic (exact) mass is 350 g/mol. The van der Waals surface area contributed by atoms with Gasteiger partial charge in [0.25, 0.3) is 0 Å². The van der Waals surface area contributed by atoms with Crippen LogP contribution in [-0.2, 0) is 4.79 Å². The first-order valence-corrected chi connectivity index (χ1v) is 9.12. The van der Waals surface area contributed by atoms with Gasteiger partial charge in [-0.1, -0.05) is 48.2 Å². The first kappa shape index (κ1) is 15.9. The summed E-state index contributed by atoms with van der Waals surface area (Å²) in [4.78, 5) is 17.2. The van der Waals surface area contributed by atoms with E-state index >= 15 is 0 Å². The maximum absolute atomic E-state index is 12.5. The van der Waals surface area contributed by atoms with Crippen LogP contribution in [0.15, 0.2) is 64.7 Å². The van der Waals surface area contributed by atoms with Crippen LogP contribution >= 0.6 is 11.8 Å². The molecule has 1 amide bonds. The molecule has 4 rings (SSSR count). The first-order chi connectivity index (χ1) is 12.2. The summed E-state index contributed by atoms with van der Waals surface area (Å²) in [6.07, 6.45) is 2.78. The Hall–Kier alpha value is -2.60. The Bertz CT molecular complexity index is 850. The zero-order valence-corrected chi connectivity index (χ0v) is 14.6. The molecular weight excluding hydrogens is 332 g/mol. The zero-order chi connectivity index (χ0) is 17.2. The molecule has 0 aliphatic carbocycles. The molecule has 1 N–H and O–H groups in total. The number of hydrogen-bond donors (Lipinski definition) is 1. The van der Waals surface area contributed by atoms with E-state index in [1.54, 1.807) is 0 Å². The van der Waals surface area contributed by atoms with E-state index in [2.05, 4.69) is 16.5 Å². The number of nitrogens with one attached hydrogen (secondary N) is 1. The van der Waals surface area contributed by atoms with Crippen LogP contribution in [0.4, 0.5) is 11.4 Å². The van der Waals surface area contributed by atoms with E-state index in [1.165, 1.54) is 17.3 Å². The Balaban J connectivity index is 1.52. The van der Waals surface area contributed by atoms with Crippen molar-refractivity contribution in [3.63, 3.8) is 0 Å². The number of anilines is 1. The molecule has 2 aliphatic heterocycles. The van der Waals surface area contributed by atoms with Crippen molar-refractivity contribution in [1.82, 2.24) is 5.01 Å². The fraction of sp³-hybridized carbons (Fsp3) is 0.211. The highest BCUT2D eigenvalue weighted by molar-refractivity contribution is 8.14. The number of fused-ring (bicyclic) bond motifs is 3. The van der Waals surface area contributed by atoms with Gasteiger partial charge in [-0.05, 0) is 25.1 Å². The fourth-order valence-electron chi connectivity index (χ4n) is 2.94. The maximum atomic E-state index is 12.5. The van der Waals surface area contributed by atoms with Crippen LogP contribution in [-0.4, -0.2) is 27.5 Å². The van der Waals surface area contributed by atoms with Crippen LogP contribution in [0.3, 0.4) is 0 Å². The number of aliphatic imine (C=N–C) groups is 1. The molecule has 25 heavy (non-hydrogen) atoms. The highest BCUT2D eigenvalue weighted by atomic mass is 32.2. The molecule has 6 heteroatoms. The molecule has 0 saturated heterocycles. The van der Waals surface area contributed by atoms with Crippen LogP contribution < -0.4 is 5.32 Å². The summed E-state index contributed by atoms with van der Waals surface area (Å²) in [6.45, 7) is 1.89. The number of nitrogens with zero attached hydrogens (tertiary/aromatic N) is 3. The molecule has 2 aromatic carbocycles. The van der Waals surface area contributed by atoms with Crippen molar-refractivity contribution < 1.29 is 4.79 Å². The zero-order valence-electron chi connectivity index (χ0n) is 13.8. The molecule has 2 aliphatic rings. The Morgan fingerprint density at radius 3 is 2.80 bits per heavy atom. The second-order valence-electron chi connectivity index (χ2n) is 5.96. The van der Waals surface area contributed by atoms with Gasteiger partial charge in [0, 0.05) is 23.9 Å². The van der Waals surface area contributed by atoms with Crippen molar-refractivity contribution in [1.29, 1.82) is 0 Å². The third-order valence-electron chi connectivity index (χ3n) is 4.23. The van der Waals surface area contributed by atoms with Gasteiger partial charge in [0.1, 0.15) is 0 Å². The van der Waals surface area contributed by atoms with Crippen molar-refractivity contribution in [2.24, 2.45) is 10.1 Å². The van der Waals surface area contributed by atoms with Gasteiger partial charge in [-0.2, -0.15) is 5.10 Å². The molecule has 2 atom stereocenters. The van der Waals surface area contributed by atoms with Crippen molar-refractivity contribution in [2.45, 2.75) is 24.6 Å². The van der Waals surface area contributed by atoms with Crippen molar-refractivity contribution in [3.05, 3.63) is 60.2 Å². The molecule has 2 aromatic rings. The van der Waals surface area contributed by atoms with Crippen molar-refractivity contribution in [2.75, 3.05) is 5.32 Å². The predicted octanol–water partition coefficient (Wildman–Crippen LogP) is 4.18. The Kier molecular flexibility index (Phi) is 4.28. The lowest BCUT2D eigenvalue weighted by Gasteiger charge is -2.30. The molecule has 0 spiro atoms. The molecule has 0 fully saturated rings. The van der Waals surface area contributed by atoms with Crippen LogP contribution in [0.25, 0.3) is 0 Å². The molecule has 0 unspecified atom stereocenters. The third kappa shape index (κ3) is 3.17. The molecule has 0 saturated carbocycles. The van der Waals surface area contributed by atoms with E-state index in [-0.39, 0.29) is 17.2 Å². The number of carbonyl (C=O) groups excluding carboxylic acids is 1. The lowest BCUT2D eigenvalue weighted by atomic mass is 10.0. The molecule has 2 heterocycles. The van der Waals surface area contributed by atoms with E-state index in [9.17, 15) is 4.79 Å². The molecule has 126 valence electrons. The predicted molar refractivity (Wildman–Crippen MR) is 103 cm³/mol. The minimum absolute atomic E-state index is 0.0440. The number of benzene rings is 2. The molecular formula is C19H18N4OS. The Morgan fingerprint density at radius 1 is 1.20 bits per heavy atom. The highest BCUT2D eigenvalue weighted by Gasteiger charge is 2.34. The fourth-order valence-corrected chi connectivity index (χ4v) is 3.86. The van der Waals surface area contributed by atoms with Gasteiger partial charge in [-0.25, -0.2) is 10.0 Å². The quantitative estimate of drug-likeness (QED) is 0.903. The minimum atomic E-state index is -0.277. The standard InChI is InChI=1S/C19H18N4OS/c1-13(18(24)21-14-7-3-2-4-8-14)25-19-22-16-10-6-5-9-15(16)17-11-12-20-23(17)19/h2-10,12-13,17H,11H2,1H3,(H,21,24)/t13-,17-/m1/s1. The van der Waals surface area contributed by atoms with Crippen molar-refractivity contribution in [3.8, 4) is 0 Å². The summed E-state index contributed by atoms with van der Waals surface area (Å²) in [7, 11) is 0. The normalized spacial score (nSPS) is 19.0. The topological polar surface area (TPSA) is 57.1 Å². The van der Waals surface area contributed by atoms with Crippen molar-refractivity contribution >= 4 is 40.4 Å². The lowest BCUT2D eigenvalue weighted by molar-refractivity contribution is -0.115. The summed E-state index contributed by atoms with van der Waals surface area (Å²) in [5, 5.41) is 9.82. The number of amides is 1. The maximum Gasteiger partial charge on any atom is 0.237 e. The van der Waals surface area contributed by atoms with Gasteiger partial charge in [0.15, 0.2) is 5.17 Å². The SMILES string of the molecule is C[C@@H](SC1=Nc2ccccc2[C@H]2CC=NN12)C(=O)Nc1ccccc1. The number of thioether (sulfide) groups is 1. The average Bonchev–Trinajstić information content (AvgIpc) is 3.13. The Morgan fingerprint density at radius 2 is 1.96 bits per heavy atom. The minimum Gasteiger partial charge on any atom is -0.325 e. The van der Waals surface area contributed by atoms with Gasteiger partial charge in [-0.3, -0.25) is 4.79 Å². The second kappa shape index (κ2) is 6.72. The molecule has 5 nitrogen and oxygen atoms in total. The molecule has 0 bridgehead atoms. The number of hydrazone groups is 1. The average molecular weight is 350 g/mol. The smallest absolute Gasteiger partial charge is 0.237 e. The number of hydrogen-bond acceptors (Lipinski definition) is 5. The van der Waals surface area contributed by atoms with Crippen LogP contribution in [0.1, 0.15) is 24.9 Å². The Labute approximate surface area is 150 Å². The summed E-state index contributed by atoms with van der Waals surface area (Å²) in [5.74, 6) is -0.0440.